The predicted molar refractivity (Wildman–Crippen MR) is 84.2 cm³/mol. The lowest BCUT2D eigenvalue weighted by atomic mass is 10.1. The van der Waals surface area contributed by atoms with Crippen LogP contribution in [-0.4, -0.2) is 32.7 Å². The molecule has 0 bridgehead atoms. The maximum Gasteiger partial charge on any atom is 0.251 e. The second kappa shape index (κ2) is 6.48. The summed E-state index contributed by atoms with van der Waals surface area (Å²) < 4.78 is 1.58. The quantitative estimate of drug-likeness (QED) is 0.782. The summed E-state index contributed by atoms with van der Waals surface area (Å²) in [5.41, 5.74) is 2.44. The lowest BCUT2D eigenvalue weighted by Gasteiger charge is -2.08. The van der Waals surface area contributed by atoms with Gasteiger partial charge < -0.3 is 5.32 Å². The lowest BCUT2D eigenvalue weighted by Crippen LogP contribution is -2.25. The third kappa shape index (κ3) is 3.20. The van der Waals surface area contributed by atoms with Gasteiger partial charge >= 0.3 is 0 Å². The number of carbonyl (C=O) groups excluding carboxylic acids is 1. The summed E-state index contributed by atoms with van der Waals surface area (Å²) in [6.45, 7) is 2.56. The van der Waals surface area contributed by atoms with Gasteiger partial charge in [0.2, 0.25) is 0 Å². The average molecular weight is 313 g/mol. The molecule has 0 fully saturated rings. The van der Waals surface area contributed by atoms with E-state index in [1.807, 2.05) is 30.5 Å². The van der Waals surface area contributed by atoms with E-state index in [0.29, 0.717) is 12.1 Å². The number of aromatic nitrogens is 4. The second-order valence-electron chi connectivity index (χ2n) is 4.84. The van der Waals surface area contributed by atoms with Crippen LogP contribution >= 0.6 is 11.3 Å². The Hall–Kier alpha value is -2.54. The number of rotatable bonds is 5. The predicted octanol–water partition coefficient (Wildman–Crippen LogP) is 2.00. The molecule has 6 nitrogen and oxygen atoms in total. The van der Waals surface area contributed by atoms with E-state index in [0.717, 1.165) is 17.7 Å². The van der Waals surface area contributed by atoms with E-state index in [1.165, 1.54) is 11.2 Å². The van der Waals surface area contributed by atoms with Crippen molar-refractivity contribution in [1.82, 2.24) is 25.5 Å². The zero-order valence-corrected chi connectivity index (χ0v) is 12.9. The van der Waals surface area contributed by atoms with E-state index in [1.54, 1.807) is 22.1 Å². The van der Waals surface area contributed by atoms with E-state index in [9.17, 15) is 4.79 Å². The summed E-state index contributed by atoms with van der Waals surface area (Å²) in [7, 11) is 0. The van der Waals surface area contributed by atoms with Crippen LogP contribution in [0, 0.1) is 6.92 Å². The number of amides is 1. The minimum absolute atomic E-state index is 0.0667. The third-order valence-corrected chi connectivity index (χ3v) is 4.23. The molecule has 2 aromatic heterocycles. The van der Waals surface area contributed by atoms with Gasteiger partial charge in [-0.3, -0.25) is 4.79 Å². The van der Waals surface area contributed by atoms with Crippen molar-refractivity contribution in [2.45, 2.75) is 13.3 Å². The van der Waals surface area contributed by atoms with Gasteiger partial charge in [-0.15, -0.1) is 16.4 Å². The van der Waals surface area contributed by atoms with Crippen LogP contribution in [0.15, 0.2) is 42.0 Å². The lowest BCUT2D eigenvalue weighted by molar-refractivity contribution is 0.0954. The Bertz CT molecular complexity index is 752. The van der Waals surface area contributed by atoms with Crippen molar-refractivity contribution in [3.63, 3.8) is 0 Å². The van der Waals surface area contributed by atoms with Crippen LogP contribution < -0.4 is 5.32 Å². The van der Waals surface area contributed by atoms with Gasteiger partial charge in [0.1, 0.15) is 6.33 Å². The Morgan fingerprint density at radius 1 is 1.36 bits per heavy atom. The van der Waals surface area contributed by atoms with Crippen molar-refractivity contribution in [2.24, 2.45) is 0 Å². The molecule has 2 heterocycles. The summed E-state index contributed by atoms with van der Waals surface area (Å²) in [6, 6.07) is 9.56. The van der Waals surface area contributed by atoms with Crippen LogP contribution in [0.3, 0.4) is 0 Å². The number of nitrogens with one attached hydrogen (secondary N) is 1. The molecule has 0 atom stereocenters. The highest BCUT2D eigenvalue weighted by Gasteiger charge is 2.09. The highest BCUT2D eigenvalue weighted by Crippen LogP contribution is 2.14. The molecule has 0 saturated heterocycles. The molecule has 0 saturated carbocycles. The molecule has 0 aliphatic heterocycles. The highest BCUT2D eigenvalue weighted by atomic mass is 32.1. The normalized spacial score (nSPS) is 10.6. The molecule has 1 aromatic carbocycles. The SMILES string of the molecule is Cc1cc(C(=O)NCCc2cccs2)ccc1-n1cnnn1. The number of nitrogens with zero attached hydrogens (tertiary/aromatic N) is 4. The number of benzene rings is 1. The largest absolute Gasteiger partial charge is 0.352 e. The van der Waals surface area contributed by atoms with Gasteiger partial charge in [-0.1, -0.05) is 6.07 Å². The summed E-state index contributed by atoms with van der Waals surface area (Å²) in [5.74, 6) is -0.0667. The van der Waals surface area contributed by atoms with Crippen LogP contribution in [0.1, 0.15) is 20.8 Å². The molecule has 22 heavy (non-hydrogen) atoms. The molecule has 0 aliphatic carbocycles. The number of thiophene rings is 1. The van der Waals surface area contributed by atoms with Gasteiger partial charge in [-0.05, 0) is 59.0 Å². The van der Waals surface area contributed by atoms with Gasteiger partial charge in [-0.2, -0.15) is 0 Å². The first-order valence-electron chi connectivity index (χ1n) is 6.88. The van der Waals surface area contributed by atoms with Gasteiger partial charge in [0, 0.05) is 17.0 Å². The smallest absolute Gasteiger partial charge is 0.251 e. The molecule has 0 aliphatic rings. The molecule has 1 N–H and O–H groups in total. The Morgan fingerprint density at radius 3 is 2.95 bits per heavy atom. The zero-order valence-electron chi connectivity index (χ0n) is 12.1. The van der Waals surface area contributed by atoms with E-state index >= 15 is 0 Å². The molecule has 1 amide bonds. The van der Waals surface area contributed by atoms with E-state index < -0.39 is 0 Å². The number of tetrazole rings is 1. The van der Waals surface area contributed by atoms with Crippen molar-refractivity contribution in [3.8, 4) is 5.69 Å². The fourth-order valence-corrected chi connectivity index (χ4v) is 2.89. The standard InChI is InChI=1S/C15H15N5OS/c1-11-9-12(4-5-14(11)20-10-17-18-19-20)15(21)16-7-6-13-3-2-8-22-13/h2-5,8-10H,6-7H2,1H3,(H,16,21). The topological polar surface area (TPSA) is 72.7 Å². The average Bonchev–Trinajstić information content (AvgIpc) is 3.20. The van der Waals surface area contributed by atoms with E-state index in [2.05, 4.69) is 26.9 Å². The van der Waals surface area contributed by atoms with Crippen LogP contribution in [0.25, 0.3) is 5.69 Å². The second-order valence-corrected chi connectivity index (χ2v) is 5.87. The van der Waals surface area contributed by atoms with Crippen LogP contribution in [0.2, 0.25) is 0 Å². The van der Waals surface area contributed by atoms with Gasteiger partial charge in [0.05, 0.1) is 5.69 Å². The summed E-state index contributed by atoms with van der Waals surface area (Å²) in [6.07, 6.45) is 2.38. The molecule has 3 aromatic rings. The minimum Gasteiger partial charge on any atom is -0.352 e. The fraction of sp³-hybridized carbons (Fsp3) is 0.200. The van der Waals surface area contributed by atoms with Crippen LogP contribution in [-0.2, 0) is 6.42 Å². The first-order valence-corrected chi connectivity index (χ1v) is 7.76. The van der Waals surface area contributed by atoms with Gasteiger partial charge in [-0.25, -0.2) is 4.68 Å². The number of hydrogen-bond donors (Lipinski definition) is 1. The molecule has 3 rings (SSSR count). The van der Waals surface area contributed by atoms with E-state index in [4.69, 9.17) is 0 Å². The first-order chi connectivity index (χ1) is 10.7. The highest BCUT2D eigenvalue weighted by molar-refractivity contribution is 7.09. The first kappa shape index (κ1) is 14.4. The summed E-state index contributed by atoms with van der Waals surface area (Å²) in [4.78, 5) is 13.4. The maximum absolute atomic E-state index is 12.2. The number of aryl methyl sites for hydroxylation is 1. The maximum atomic E-state index is 12.2. The number of hydrogen-bond acceptors (Lipinski definition) is 5. The minimum atomic E-state index is -0.0667. The molecular formula is C15H15N5OS. The fourth-order valence-electron chi connectivity index (χ4n) is 2.18. The Kier molecular flexibility index (Phi) is 4.24. The van der Waals surface area contributed by atoms with Crippen LogP contribution in [0.5, 0.6) is 0 Å². The zero-order chi connectivity index (χ0) is 15.4. The Labute approximate surface area is 131 Å². The van der Waals surface area contributed by atoms with E-state index in [-0.39, 0.29) is 5.91 Å². The van der Waals surface area contributed by atoms with Crippen molar-refractivity contribution < 1.29 is 4.79 Å². The summed E-state index contributed by atoms with van der Waals surface area (Å²) >= 11 is 1.70. The van der Waals surface area contributed by atoms with Crippen molar-refractivity contribution in [2.75, 3.05) is 6.54 Å². The summed E-state index contributed by atoms with van der Waals surface area (Å²) in [5, 5.41) is 16.1. The third-order valence-electron chi connectivity index (χ3n) is 3.29. The molecule has 7 heteroatoms. The Balaban J connectivity index is 1.64. The van der Waals surface area contributed by atoms with Gasteiger partial charge in [0.25, 0.3) is 5.91 Å². The molecule has 0 unspecified atom stereocenters. The monoisotopic (exact) mass is 313 g/mol. The van der Waals surface area contributed by atoms with Gasteiger partial charge in [0.15, 0.2) is 0 Å². The Morgan fingerprint density at radius 2 is 2.27 bits per heavy atom. The van der Waals surface area contributed by atoms with Crippen LogP contribution in [0.4, 0.5) is 0 Å². The number of carbonyl (C=O) groups is 1. The molecular weight excluding hydrogens is 298 g/mol. The molecule has 0 spiro atoms. The van der Waals surface area contributed by atoms with Crippen molar-refractivity contribution >= 4 is 17.2 Å². The van der Waals surface area contributed by atoms with Crippen molar-refractivity contribution in [3.05, 3.63) is 58.0 Å². The van der Waals surface area contributed by atoms with Crippen molar-refractivity contribution in [1.29, 1.82) is 0 Å². The molecule has 112 valence electrons. The molecule has 0 radical (unpaired) electrons.